The summed E-state index contributed by atoms with van der Waals surface area (Å²) in [6.45, 7) is 3.56. The highest BCUT2D eigenvalue weighted by Crippen LogP contribution is 2.30. The predicted octanol–water partition coefficient (Wildman–Crippen LogP) is 2.25. The van der Waals surface area contributed by atoms with E-state index in [0.29, 0.717) is 18.0 Å². The first-order valence-electron chi connectivity index (χ1n) is 6.78. The minimum atomic E-state index is -0.610. The predicted molar refractivity (Wildman–Crippen MR) is 82.0 cm³/mol. The van der Waals surface area contributed by atoms with Gasteiger partial charge in [-0.25, -0.2) is 0 Å². The second-order valence-corrected chi connectivity index (χ2v) is 6.19. The Balaban J connectivity index is 2.20. The Morgan fingerprint density at radius 3 is 2.74 bits per heavy atom. The molecule has 19 heavy (non-hydrogen) atoms. The Labute approximate surface area is 120 Å². The Morgan fingerprint density at radius 2 is 2.16 bits per heavy atom. The van der Waals surface area contributed by atoms with Crippen LogP contribution in [0.3, 0.4) is 0 Å². The lowest BCUT2D eigenvalue weighted by atomic mass is 9.91. The average molecular weight is 278 g/mol. The van der Waals surface area contributed by atoms with Crippen molar-refractivity contribution in [1.29, 1.82) is 0 Å². The van der Waals surface area contributed by atoms with Gasteiger partial charge in [0.25, 0.3) is 0 Å². The summed E-state index contributed by atoms with van der Waals surface area (Å²) in [4.78, 5) is 2.83. The van der Waals surface area contributed by atoms with Crippen LogP contribution in [-0.2, 0) is 0 Å². The third kappa shape index (κ3) is 4.00. The lowest BCUT2D eigenvalue weighted by Crippen LogP contribution is -2.48. The van der Waals surface area contributed by atoms with Gasteiger partial charge in [-0.2, -0.15) is 0 Å². The molecule has 3 N–H and O–H groups in total. The molecule has 0 saturated carbocycles. The molecular formula is C15H22N2OS. The van der Waals surface area contributed by atoms with Crippen molar-refractivity contribution >= 4 is 17.2 Å². The van der Waals surface area contributed by atoms with Crippen LogP contribution in [0, 0.1) is 0 Å². The summed E-state index contributed by atoms with van der Waals surface area (Å²) < 4.78 is 0. The van der Waals surface area contributed by atoms with Crippen LogP contribution < -0.4 is 5.73 Å². The Bertz CT molecular complexity index is 433. The zero-order chi connectivity index (χ0) is 13.9. The lowest BCUT2D eigenvalue weighted by molar-refractivity contribution is -0.0295. The van der Waals surface area contributed by atoms with Crippen molar-refractivity contribution in [3.63, 3.8) is 0 Å². The number of nitrogens with two attached hydrogens (primary N) is 1. The van der Waals surface area contributed by atoms with Crippen LogP contribution in [0.4, 0.5) is 0 Å². The zero-order valence-electron chi connectivity index (χ0n) is 11.4. The molecule has 0 spiro atoms. The average Bonchev–Trinajstić information content (AvgIpc) is 2.35. The summed E-state index contributed by atoms with van der Waals surface area (Å²) in [6.07, 6.45) is 2.53. The third-order valence-corrected chi connectivity index (χ3v) is 3.89. The van der Waals surface area contributed by atoms with Gasteiger partial charge < -0.3 is 10.8 Å². The van der Waals surface area contributed by atoms with Crippen LogP contribution in [0.2, 0.25) is 0 Å². The number of hydrogen-bond acceptors (Lipinski definition) is 3. The molecule has 1 heterocycles. The van der Waals surface area contributed by atoms with Gasteiger partial charge in [-0.1, -0.05) is 42.5 Å². The number of likely N-dealkylation sites (tertiary alicyclic amines) is 1. The summed E-state index contributed by atoms with van der Waals surface area (Å²) in [7, 11) is 0. The molecule has 104 valence electrons. The fraction of sp³-hybridized carbons (Fsp3) is 0.533. The summed E-state index contributed by atoms with van der Waals surface area (Å²) >= 11 is 5.09. The van der Waals surface area contributed by atoms with Crippen molar-refractivity contribution in [2.45, 2.75) is 37.8 Å². The Kier molecular flexibility index (Phi) is 4.55. The maximum absolute atomic E-state index is 10.3. The molecule has 2 rings (SSSR count). The summed E-state index contributed by atoms with van der Waals surface area (Å²) in [6, 6.07) is 10.4. The molecule has 2 unspecified atom stereocenters. The first-order valence-corrected chi connectivity index (χ1v) is 7.18. The number of β-amino-alcohol motifs (C(OH)–C–C–N with tert-alkyl or cyclic N) is 1. The van der Waals surface area contributed by atoms with E-state index in [0.717, 1.165) is 19.4 Å². The molecule has 0 bridgehead atoms. The molecule has 1 fully saturated rings. The van der Waals surface area contributed by atoms with Gasteiger partial charge in [0.1, 0.15) is 0 Å². The van der Waals surface area contributed by atoms with E-state index in [9.17, 15) is 5.11 Å². The highest BCUT2D eigenvalue weighted by Gasteiger charge is 2.32. The molecule has 1 aliphatic rings. The van der Waals surface area contributed by atoms with Gasteiger partial charge in [0.2, 0.25) is 0 Å². The minimum Gasteiger partial charge on any atom is -0.393 e. The van der Waals surface area contributed by atoms with E-state index in [-0.39, 0.29) is 6.04 Å². The smallest absolute Gasteiger partial charge is 0.0746 e. The molecule has 0 amide bonds. The van der Waals surface area contributed by atoms with Crippen molar-refractivity contribution in [2.24, 2.45) is 5.73 Å². The molecule has 3 nitrogen and oxygen atoms in total. The van der Waals surface area contributed by atoms with Gasteiger partial charge in [-0.15, -0.1) is 0 Å². The van der Waals surface area contributed by atoms with Gasteiger partial charge in [0, 0.05) is 19.0 Å². The standard InChI is InChI=1S/C15H22N2OS/c1-15(18)8-5-9-17(11-15)13(10-14(16)19)12-6-3-2-4-7-12/h2-4,6-7,13,18H,5,8-11H2,1H3,(H2,16,19). The molecule has 4 heteroatoms. The normalized spacial score (nSPS) is 26.0. The number of rotatable bonds is 4. The number of benzene rings is 1. The molecule has 0 radical (unpaired) electrons. The van der Waals surface area contributed by atoms with Crippen molar-refractivity contribution in [1.82, 2.24) is 4.90 Å². The molecule has 1 saturated heterocycles. The summed E-state index contributed by atoms with van der Waals surface area (Å²) in [5.41, 5.74) is 6.35. The zero-order valence-corrected chi connectivity index (χ0v) is 12.2. The second-order valence-electron chi connectivity index (χ2n) is 5.67. The maximum atomic E-state index is 10.3. The summed E-state index contributed by atoms with van der Waals surface area (Å²) in [5.74, 6) is 0. The lowest BCUT2D eigenvalue weighted by Gasteiger charge is -2.41. The minimum absolute atomic E-state index is 0.172. The Hall–Kier alpha value is -0.970. The van der Waals surface area contributed by atoms with Crippen molar-refractivity contribution in [3.8, 4) is 0 Å². The highest BCUT2D eigenvalue weighted by molar-refractivity contribution is 7.80. The molecular weight excluding hydrogens is 256 g/mol. The van der Waals surface area contributed by atoms with E-state index >= 15 is 0 Å². The fourth-order valence-corrected chi connectivity index (χ4v) is 3.01. The number of nitrogens with zero attached hydrogens (tertiary/aromatic N) is 1. The Morgan fingerprint density at radius 1 is 1.47 bits per heavy atom. The quantitative estimate of drug-likeness (QED) is 0.829. The monoisotopic (exact) mass is 278 g/mol. The number of aliphatic hydroxyl groups is 1. The van der Waals surface area contributed by atoms with Gasteiger partial charge in [-0.05, 0) is 31.9 Å². The highest BCUT2D eigenvalue weighted by atomic mass is 32.1. The SMILES string of the molecule is CC1(O)CCCN(C(CC(N)=S)c2ccccc2)C1. The maximum Gasteiger partial charge on any atom is 0.0746 e. The molecule has 2 atom stereocenters. The third-order valence-electron chi connectivity index (χ3n) is 3.72. The topological polar surface area (TPSA) is 49.5 Å². The molecule has 1 aromatic carbocycles. The van der Waals surface area contributed by atoms with Gasteiger partial charge in [-0.3, -0.25) is 4.90 Å². The van der Waals surface area contributed by atoms with Crippen LogP contribution in [-0.4, -0.2) is 33.7 Å². The molecule has 1 aromatic rings. The van der Waals surface area contributed by atoms with E-state index in [2.05, 4.69) is 17.0 Å². The number of thiocarbonyl (C=S) groups is 1. The van der Waals surface area contributed by atoms with Crippen molar-refractivity contribution < 1.29 is 5.11 Å². The van der Waals surface area contributed by atoms with E-state index in [1.165, 1.54) is 5.56 Å². The second kappa shape index (κ2) is 5.99. The van der Waals surface area contributed by atoms with Gasteiger partial charge in [0.05, 0.1) is 10.6 Å². The van der Waals surface area contributed by atoms with Gasteiger partial charge in [0.15, 0.2) is 0 Å². The fourth-order valence-electron chi connectivity index (χ4n) is 2.85. The summed E-state index contributed by atoms with van der Waals surface area (Å²) in [5, 5.41) is 10.3. The van der Waals surface area contributed by atoms with Gasteiger partial charge >= 0.3 is 0 Å². The van der Waals surface area contributed by atoms with Crippen LogP contribution in [0.5, 0.6) is 0 Å². The van der Waals surface area contributed by atoms with Crippen molar-refractivity contribution in [2.75, 3.05) is 13.1 Å². The largest absolute Gasteiger partial charge is 0.393 e. The van der Waals surface area contributed by atoms with E-state index in [1.807, 2.05) is 25.1 Å². The van der Waals surface area contributed by atoms with Crippen LogP contribution >= 0.6 is 12.2 Å². The molecule has 0 aromatic heterocycles. The van der Waals surface area contributed by atoms with Crippen molar-refractivity contribution in [3.05, 3.63) is 35.9 Å². The van der Waals surface area contributed by atoms with E-state index in [4.69, 9.17) is 18.0 Å². The molecule has 1 aliphatic heterocycles. The number of hydrogen-bond donors (Lipinski definition) is 2. The van der Waals surface area contributed by atoms with Crippen LogP contribution in [0.1, 0.15) is 37.8 Å². The first-order chi connectivity index (χ1) is 8.98. The van der Waals surface area contributed by atoms with E-state index in [1.54, 1.807) is 0 Å². The van der Waals surface area contributed by atoms with Crippen LogP contribution in [0.25, 0.3) is 0 Å². The molecule has 0 aliphatic carbocycles. The number of piperidine rings is 1. The first kappa shape index (κ1) is 14.4. The van der Waals surface area contributed by atoms with Crippen LogP contribution in [0.15, 0.2) is 30.3 Å². The van der Waals surface area contributed by atoms with E-state index < -0.39 is 5.60 Å².